The molecular formula is C26H34N4O4S. The van der Waals surface area contributed by atoms with Gasteiger partial charge in [-0.2, -0.15) is 4.98 Å². The molecule has 0 atom stereocenters. The summed E-state index contributed by atoms with van der Waals surface area (Å²) in [4.78, 5) is 32.0. The summed E-state index contributed by atoms with van der Waals surface area (Å²) in [6.45, 7) is 13.1. The standard InChI is InChI=1S/C26H34N4O4S/c1-6-18-13-19(11-16(4)20(18)9-10-23(31)27-14-24(32)33)25-28-26(34-29-25)21-12-17(5)22(35-21)15-30(7-2)8-3/h11-13H,6-10,14-15H2,1-5H3,(H,27,31)(H,32,33). The minimum Gasteiger partial charge on any atom is -0.480 e. The topological polar surface area (TPSA) is 109 Å². The van der Waals surface area contributed by atoms with Crippen molar-refractivity contribution in [2.75, 3.05) is 19.6 Å². The maximum Gasteiger partial charge on any atom is 0.322 e. The van der Waals surface area contributed by atoms with Gasteiger partial charge in [-0.15, -0.1) is 11.3 Å². The Morgan fingerprint density at radius 2 is 1.86 bits per heavy atom. The Labute approximate surface area is 210 Å². The van der Waals surface area contributed by atoms with Crippen LogP contribution < -0.4 is 5.32 Å². The molecule has 0 aliphatic heterocycles. The maximum atomic E-state index is 12.0. The highest BCUT2D eigenvalue weighted by Gasteiger charge is 2.18. The number of carboxylic acid groups (broad SMARTS) is 1. The number of nitrogens with zero attached hydrogens (tertiary/aromatic N) is 3. The van der Waals surface area contributed by atoms with E-state index in [4.69, 9.17) is 9.63 Å². The van der Waals surface area contributed by atoms with Gasteiger partial charge in [0.1, 0.15) is 6.54 Å². The Morgan fingerprint density at radius 1 is 1.11 bits per heavy atom. The molecule has 2 aromatic heterocycles. The minimum atomic E-state index is -1.05. The van der Waals surface area contributed by atoms with E-state index in [9.17, 15) is 9.59 Å². The molecule has 0 unspecified atom stereocenters. The van der Waals surface area contributed by atoms with Gasteiger partial charge >= 0.3 is 5.97 Å². The molecule has 0 saturated heterocycles. The molecule has 3 rings (SSSR count). The fourth-order valence-electron chi connectivity index (χ4n) is 4.07. The highest BCUT2D eigenvalue weighted by Crippen LogP contribution is 2.33. The van der Waals surface area contributed by atoms with Crippen LogP contribution in [0.2, 0.25) is 0 Å². The van der Waals surface area contributed by atoms with Gasteiger partial charge < -0.3 is 14.9 Å². The van der Waals surface area contributed by atoms with Crippen molar-refractivity contribution in [2.24, 2.45) is 0 Å². The molecule has 0 spiro atoms. The molecule has 2 N–H and O–H groups in total. The Balaban J connectivity index is 1.78. The molecule has 0 bridgehead atoms. The monoisotopic (exact) mass is 498 g/mol. The average molecular weight is 499 g/mol. The number of amides is 1. The Morgan fingerprint density at radius 3 is 2.51 bits per heavy atom. The number of aromatic nitrogens is 2. The molecule has 3 aromatic rings. The summed E-state index contributed by atoms with van der Waals surface area (Å²) in [6.07, 6.45) is 1.58. The van der Waals surface area contributed by atoms with Crippen LogP contribution in [0.4, 0.5) is 0 Å². The lowest BCUT2D eigenvalue weighted by Gasteiger charge is -2.17. The molecule has 0 saturated carbocycles. The molecule has 0 radical (unpaired) electrons. The molecule has 8 nitrogen and oxygen atoms in total. The molecule has 2 heterocycles. The van der Waals surface area contributed by atoms with Gasteiger partial charge in [-0.1, -0.05) is 25.9 Å². The second-order valence-electron chi connectivity index (χ2n) is 8.56. The first-order valence-electron chi connectivity index (χ1n) is 12.0. The first kappa shape index (κ1) is 26.6. The lowest BCUT2D eigenvalue weighted by atomic mass is 9.93. The molecule has 0 fully saturated rings. The number of carboxylic acids is 1. The number of nitrogens with one attached hydrogen (secondary N) is 1. The summed E-state index contributed by atoms with van der Waals surface area (Å²) >= 11 is 1.70. The second-order valence-corrected chi connectivity index (χ2v) is 9.69. The summed E-state index contributed by atoms with van der Waals surface area (Å²) < 4.78 is 5.63. The van der Waals surface area contributed by atoms with Crippen LogP contribution in [-0.4, -0.2) is 51.7 Å². The SMILES string of the molecule is CCc1cc(-c2noc(-c3cc(C)c(CN(CC)CC)s3)n2)cc(C)c1CCC(=O)NCC(=O)O. The molecule has 0 aliphatic carbocycles. The van der Waals surface area contributed by atoms with E-state index in [1.54, 1.807) is 11.3 Å². The molecule has 1 aromatic carbocycles. The minimum absolute atomic E-state index is 0.236. The van der Waals surface area contributed by atoms with Crippen molar-refractivity contribution in [3.05, 3.63) is 45.3 Å². The number of carbonyl (C=O) groups excluding carboxylic acids is 1. The number of aryl methyl sites for hydroxylation is 3. The lowest BCUT2D eigenvalue weighted by molar-refractivity contribution is -0.137. The van der Waals surface area contributed by atoms with Crippen LogP contribution in [0.15, 0.2) is 22.7 Å². The van der Waals surface area contributed by atoms with Gasteiger partial charge in [-0.25, -0.2) is 0 Å². The molecule has 35 heavy (non-hydrogen) atoms. The van der Waals surface area contributed by atoms with Crippen LogP contribution in [0.25, 0.3) is 22.2 Å². The first-order chi connectivity index (χ1) is 16.7. The van der Waals surface area contributed by atoms with Crippen molar-refractivity contribution < 1.29 is 19.2 Å². The number of rotatable bonds is 12. The van der Waals surface area contributed by atoms with E-state index in [1.165, 1.54) is 10.4 Å². The van der Waals surface area contributed by atoms with E-state index < -0.39 is 5.97 Å². The van der Waals surface area contributed by atoms with Crippen LogP contribution in [0, 0.1) is 13.8 Å². The van der Waals surface area contributed by atoms with Gasteiger partial charge in [0.05, 0.1) is 4.88 Å². The number of carbonyl (C=O) groups is 2. The van der Waals surface area contributed by atoms with Gasteiger partial charge in [0, 0.05) is 23.4 Å². The third-order valence-corrected chi connectivity index (χ3v) is 7.37. The van der Waals surface area contributed by atoms with E-state index in [-0.39, 0.29) is 18.9 Å². The van der Waals surface area contributed by atoms with Gasteiger partial charge in [0.15, 0.2) is 0 Å². The summed E-state index contributed by atoms with van der Waals surface area (Å²) in [5.74, 6) is -0.258. The largest absolute Gasteiger partial charge is 0.480 e. The van der Waals surface area contributed by atoms with Crippen molar-refractivity contribution in [3.63, 3.8) is 0 Å². The summed E-state index contributed by atoms with van der Waals surface area (Å²) in [7, 11) is 0. The molecule has 9 heteroatoms. The Hall–Kier alpha value is -3.04. The zero-order valence-electron chi connectivity index (χ0n) is 21.1. The smallest absolute Gasteiger partial charge is 0.322 e. The third-order valence-electron chi connectivity index (χ3n) is 6.16. The van der Waals surface area contributed by atoms with Crippen LogP contribution in [0.3, 0.4) is 0 Å². The van der Waals surface area contributed by atoms with Crippen LogP contribution in [0.1, 0.15) is 54.3 Å². The van der Waals surface area contributed by atoms with E-state index >= 15 is 0 Å². The van der Waals surface area contributed by atoms with Gasteiger partial charge in [0.25, 0.3) is 5.89 Å². The Bertz CT molecular complexity index is 1180. The maximum absolute atomic E-state index is 12.0. The van der Waals surface area contributed by atoms with Crippen molar-refractivity contribution >= 4 is 23.2 Å². The first-order valence-corrected chi connectivity index (χ1v) is 12.8. The van der Waals surface area contributed by atoms with Crippen LogP contribution >= 0.6 is 11.3 Å². The Kier molecular flexibility index (Phi) is 9.17. The van der Waals surface area contributed by atoms with Crippen molar-refractivity contribution in [3.8, 4) is 22.2 Å². The highest BCUT2D eigenvalue weighted by atomic mass is 32.1. The van der Waals surface area contributed by atoms with Crippen LogP contribution in [-0.2, 0) is 29.0 Å². The van der Waals surface area contributed by atoms with E-state index in [1.807, 2.05) is 13.0 Å². The van der Waals surface area contributed by atoms with E-state index in [0.29, 0.717) is 18.1 Å². The van der Waals surface area contributed by atoms with E-state index in [2.05, 4.69) is 60.2 Å². The fourth-order valence-corrected chi connectivity index (χ4v) is 5.21. The third kappa shape index (κ3) is 6.76. The zero-order chi connectivity index (χ0) is 25.5. The van der Waals surface area contributed by atoms with Gasteiger partial charge in [-0.05, 0) is 80.2 Å². The van der Waals surface area contributed by atoms with Crippen molar-refractivity contribution in [2.45, 2.75) is 60.4 Å². The lowest BCUT2D eigenvalue weighted by Crippen LogP contribution is -2.29. The number of thiophene rings is 1. The quantitative estimate of drug-likeness (QED) is 0.375. The van der Waals surface area contributed by atoms with Crippen molar-refractivity contribution in [1.29, 1.82) is 0 Å². The van der Waals surface area contributed by atoms with E-state index in [0.717, 1.165) is 53.2 Å². The fraction of sp³-hybridized carbons (Fsp3) is 0.462. The number of aliphatic carboxylic acids is 1. The second kappa shape index (κ2) is 12.1. The summed E-state index contributed by atoms with van der Waals surface area (Å²) in [5.41, 5.74) is 5.37. The molecule has 1 amide bonds. The van der Waals surface area contributed by atoms with Crippen LogP contribution in [0.5, 0.6) is 0 Å². The highest BCUT2D eigenvalue weighted by molar-refractivity contribution is 7.15. The summed E-state index contributed by atoms with van der Waals surface area (Å²) in [6, 6.07) is 6.18. The number of hydrogen-bond acceptors (Lipinski definition) is 7. The molecule has 188 valence electrons. The van der Waals surface area contributed by atoms with Gasteiger partial charge in [-0.3, -0.25) is 14.5 Å². The zero-order valence-corrected chi connectivity index (χ0v) is 21.9. The number of hydrogen-bond donors (Lipinski definition) is 2. The molecular weight excluding hydrogens is 464 g/mol. The molecule has 0 aliphatic rings. The predicted octanol–water partition coefficient (Wildman–Crippen LogP) is 4.62. The predicted molar refractivity (Wildman–Crippen MR) is 137 cm³/mol. The normalized spacial score (nSPS) is 11.3. The number of benzene rings is 1. The van der Waals surface area contributed by atoms with Crippen molar-refractivity contribution in [1.82, 2.24) is 20.4 Å². The van der Waals surface area contributed by atoms with Gasteiger partial charge in [0.2, 0.25) is 11.7 Å². The average Bonchev–Trinajstić information content (AvgIpc) is 3.46. The summed E-state index contributed by atoms with van der Waals surface area (Å²) in [5, 5.41) is 15.4.